The van der Waals surface area contributed by atoms with Crippen molar-refractivity contribution in [2.24, 2.45) is 5.92 Å². The molecule has 0 spiro atoms. The van der Waals surface area contributed by atoms with Crippen LogP contribution in [0.1, 0.15) is 55.1 Å². The third-order valence-electron chi connectivity index (χ3n) is 4.74. The summed E-state index contributed by atoms with van der Waals surface area (Å²) < 4.78 is 2.10. The molecule has 1 amide bonds. The van der Waals surface area contributed by atoms with E-state index in [1.165, 1.54) is 6.42 Å². The van der Waals surface area contributed by atoms with Crippen LogP contribution in [-0.4, -0.2) is 39.5 Å². The summed E-state index contributed by atoms with van der Waals surface area (Å²) in [6, 6.07) is 4.30. The summed E-state index contributed by atoms with van der Waals surface area (Å²) in [5.41, 5.74) is 0.760. The zero-order valence-corrected chi connectivity index (χ0v) is 12.2. The van der Waals surface area contributed by atoms with Gasteiger partial charge in [0.05, 0.1) is 0 Å². The van der Waals surface area contributed by atoms with Gasteiger partial charge in [-0.1, -0.05) is 0 Å². The van der Waals surface area contributed by atoms with Gasteiger partial charge in [-0.05, 0) is 50.2 Å². The molecular weight excluding hydrogens is 268 g/mol. The van der Waals surface area contributed by atoms with Crippen LogP contribution >= 0.6 is 0 Å². The molecule has 1 aromatic rings. The zero-order chi connectivity index (χ0) is 14.8. The van der Waals surface area contributed by atoms with E-state index in [4.69, 9.17) is 5.11 Å². The third kappa shape index (κ3) is 2.96. The molecule has 1 unspecified atom stereocenters. The number of nitrogens with zero attached hydrogens (tertiary/aromatic N) is 2. The van der Waals surface area contributed by atoms with E-state index in [0.29, 0.717) is 12.6 Å². The van der Waals surface area contributed by atoms with Crippen LogP contribution < -0.4 is 0 Å². The fourth-order valence-corrected chi connectivity index (χ4v) is 3.38. The van der Waals surface area contributed by atoms with Gasteiger partial charge in [-0.3, -0.25) is 9.59 Å². The van der Waals surface area contributed by atoms with Crippen molar-refractivity contribution >= 4 is 11.9 Å². The molecule has 0 bridgehead atoms. The molecule has 21 heavy (non-hydrogen) atoms. The molecule has 0 aromatic carbocycles. The SMILES string of the molecule is O=C(O)CC1CCCN(C(=O)c2cccn2C2CCC2)C1. The predicted molar refractivity (Wildman–Crippen MR) is 78.2 cm³/mol. The molecule has 1 atom stereocenters. The molecule has 2 heterocycles. The van der Waals surface area contributed by atoms with Crippen LogP contribution in [0.2, 0.25) is 0 Å². The maximum absolute atomic E-state index is 12.7. The maximum Gasteiger partial charge on any atom is 0.303 e. The fraction of sp³-hybridized carbons (Fsp3) is 0.625. The average molecular weight is 290 g/mol. The summed E-state index contributed by atoms with van der Waals surface area (Å²) >= 11 is 0. The molecule has 1 saturated carbocycles. The smallest absolute Gasteiger partial charge is 0.303 e. The summed E-state index contributed by atoms with van der Waals surface area (Å²) in [5, 5.41) is 8.92. The van der Waals surface area contributed by atoms with E-state index >= 15 is 0 Å². The molecule has 5 heteroatoms. The molecule has 2 fully saturated rings. The number of carboxylic acids is 1. The quantitative estimate of drug-likeness (QED) is 0.927. The number of carbonyl (C=O) groups is 2. The van der Waals surface area contributed by atoms with Gasteiger partial charge in [0.2, 0.25) is 0 Å². The van der Waals surface area contributed by atoms with E-state index in [2.05, 4.69) is 4.57 Å². The summed E-state index contributed by atoms with van der Waals surface area (Å²) in [6.07, 6.45) is 7.49. The highest BCUT2D eigenvalue weighted by molar-refractivity contribution is 5.93. The largest absolute Gasteiger partial charge is 0.481 e. The Kier molecular flexibility index (Phi) is 3.99. The van der Waals surface area contributed by atoms with Gasteiger partial charge < -0.3 is 14.6 Å². The molecule has 1 aliphatic heterocycles. The van der Waals surface area contributed by atoms with Gasteiger partial charge in [0.1, 0.15) is 5.69 Å². The molecule has 5 nitrogen and oxygen atoms in total. The van der Waals surface area contributed by atoms with Gasteiger partial charge in [0.25, 0.3) is 5.91 Å². The first kappa shape index (κ1) is 14.2. The van der Waals surface area contributed by atoms with Crippen molar-refractivity contribution in [3.63, 3.8) is 0 Å². The molecule has 0 radical (unpaired) electrons. The molecule has 1 saturated heterocycles. The van der Waals surface area contributed by atoms with Gasteiger partial charge in [0.15, 0.2) is 0 Å². The van der Waals surface area contributed by atoms with Crippen LogP contribution in [0, 0.1) is 5.92 Å². The monoisotopic (exact) mass is 290 g/mol. The number of hydrogen-bond acceptors (Lipinski definition) is 2. The van der Waals surface area contributed by atoms with Crippen molar-refractivity contribution in [3.8, 4) is 0 Å². The fourth-order valence-electron chi connectivity index (χ4n) is 3.38. The zero-order valence-electron chi connectivity index (χ0n) is 12.2. The molecule has 2 aliphatic rings. The number of piperidine rings is 1. The van der Waals surface area contributed by atoms with E-state index in [9.17, 15) is 9.59 Å². The Morgan fingerprint density at radius 1 is 1.24 bits per heavy atom. The Labute approximate surface area is 124 Å². The topological polar surface area (TPSA) is 62.5 Å². The van der Waals surface area contributed by atoms with Gasteiger partial charge in [0, 0.05) is 31.7 Å². The number of hydrogen-bond donors (Lipinski definition) is 1. The van der Waals surface area contributed by atoms with E-state index in [0.717, 1.165) is 37.9 Å². The Balaban J connectivity index is 1.69. The first-order valence-corrected chi connectivity index (χ1v) is 7.83. The highest BCUT2D eigenvalue weighted by Crippen LogP contribution is 2.33. The molecular formula is C16H22N2O3. The maximum atomic E-state index is 12.7. The van der Waals surface area contributed by atoms with E-state index < -0.39 is 5.97 Å². The molecule has 3 rings (SSSR count). The number of carbonyl (C=O) groups excluding carboxylic acids is 1. The second-order valence-corrected chi connectivity index (χ2v) is 6.24. The van der Waals surface area contributed by atoms with Crippen LogP contribution in [0.15, 0.2) is 18.3 Å². The van der Waals surface area contributed by atoms with Crippen LogP contribution in [0.4, 0.5) is 0 Å². The van der Waals surface area contributed by atoms with Crippen LogP contribution in [-0.2, 0) is 4.79 Å². The average Bonchev–Trinajstić information content (AvgIpc) is 2.84. The highest BCUT2D eigenvalue weighted by atomic mass is 16.4. The summed E-state index contributed by atoms with van der Waals surface area (Å²) in [4.78, 5) is 25.4. The standard InChI is InChI=1S/C16H22N2O3/c19-15(20)10-12-4-2-8-17(11-12)16(21)14-7-3-9-18(14)13-5-1-6-13/h3,7,9,12-13H,1-2,4-6,8,10-11H2,(H,19,20). The first-order chi connectivity index (χ1) is 10.1. The minimum Gasteiger partial charge on any atom is -0.481 e. The number of carboxylic acid groups (broad SMARTS) is 1. The number of rotatable bonds is 4. The number of aliphatic carboxylic acids is 1. The van der Waals surface area contributed by atoms with Crippen LogP contribution in [0.3, 0.4) is 0 Å². The Hall–Kier alpha value is -1.78. The summed E-state index contributed by atoms with van der Waals surface area (Å²) in [7, 11) is 0. The number of aromatic nitrogens is 1. The lowest BCUT2D eigenvalue weighted by Crippen LogP contribution is -2.41. The van der Waals surface area contributed by atoms with E-state index in [1.807, 2.05) is 23.2 Å². The normalized spacial score (nSPS) is 22.9. The number of amides is 1. The molecule has 1 aromatic heterocycles. The van der Waals surface area contributed by atoms with Crippen LogP contribution in [0.5, 0.6) is 0 Å². The minimum absolute atomic E-state index is 0.0574. The van der Waals surface area contributed by atoms with Gasteiger partial charge in [-0.15, -0.1) is 0 Å². The van der Waals surface area contributed by atoms with Crippen molar-refractivity contribution in [2.75, 3.05) is 13.1 Å². The second kappa shape index (κ2) is 5.92. The van der Waals surface area contributed by atoms with Crippen LogP contribution in [0.25, 0.3) is 0 Å². The van der Waals surface area contributed by atoms with Crippen molar-refractivity contribution in [1.29, 1.82) is 0 Å². The van der Waals surface area contributed by atoms with Crippen molar-refractivity contribution in [1.82, 2.24) is 9.47 Å². The lowest BCUT2D eigenvalue weighted by molar-refractivity contribution is -0.138. The second-order valence-electron chi connectivity index (χ2n) is 6.24. The van der Waals surface area contributed by atoms with Gasteiger partial charge in [-0.2, -0.15) is 0 Å². The summed E-state index contributed by atoms with van der Waals surface area (Å²) in [5.74, 6) is -0.624. The van der Waals surface area contributed by atoms with E-state index in [-0.39, 0.29) is 18.2 Å². The van der Waals surface area contributed by atoms with Crippen molar-refractivity contribution in [3.05, 3.63) is 24.0 Å². The summed E-state index contributed by atoms with van der Waals surface area (Å²) in [6.45, 7) is 1.31. The van der Waals surface area contributed by atoms with E-state index in [1.54, 1.807) is 0 Å². The van der Waals surface area contributed by atoms with Crippen molar-refractivity contribution < 1.29 is 14.7 Å². The third-order valence-corrected chi connectivity index (χ3v) is 4.74. The number of likely N-dealkylation sites (tertiary alicyclic amines) is 1. The molecule has 1 N–H and O–H groups in total. The molecule has 114 valence electrons. The Morgan fingerprint density at radius 3 is 2.71 bits per heavy atom. The predicted octanol–water partition coefficient (Wildman–Crippen LogP) is 2.54. The lowest BCUT2D eigenvalue weighted by atomic mass is 9.92. The highest BCUT2D eigenvalue weighted by Gasteiger charge is 2.29. The Morgan fingerprint density at radius 2 is 2.05 bits per heavy atom. The van der Waals surface area contributed by atoms with Gasteiger partial charge >= 0.3 is 5.97 Å². The van der Waals surface area contributed by atoms with Crippen molar-refractivity contribution in [2.45, 2.75) is 44.6 Å². The molecule has 1 aliphatic carbocycles. The van der Waals surface area contributed by atoms with Gasteiger partial charge in [-0.25, -0.2) is 0 Å². The Bertz CT molecular complexity index is 533. The lowest BCUT2D eigenvalue weighted by Gasteiger charge is -2.34. The minimum atomic E-state index is -0.771. The first-order valence-electron chi connectivity index (χ1n) is 7.83.